The van der Waals surface area contributed by atoms with E-state index in [9.17, 15) is 9.59 Å². The summed E-state index contributed by atoms with van der Waals surface area (Å²) in [4.78, 5) is 39.4. The zero-order chi connectivity index (χ0) is 28.8. The highest BCUT2D eigenvalue weighted by Gasteiger charge is 2.35. The molecule has 10 nitrogen and oxygen atoms in total. The molecule has 2 aliphatic rings. The van der Waals surface area contributed by atoms with E-state index < -0.39 is 23.9 Å². The summed E-state index contributed by atoms with van der Waals surface area (Å²) in [6, 6.07) is 11.7. The third-order valence-corrected chi connectivity index (χ3v) is 7.00. The molecule has 41 heavy (non-hydrogen) atoms. The molecule has 0 radical (unpaired) electrons. The van der Waals surface area contributed by atoms with Gasteiger partial charge in [0.2, 0.25) is 0 Å². The lowest BCUT2D eigenvalue weighted by Gasteiger charge is -2.31. The van der Waals surface area contributed by atoms with Crippen LogP contribution in [0.15, 0.2) is 59.4 Å². The van der Waals surface area contributed by atoms with E-state index in [4.69, 9.17) is 18.7 Å². The summed E-state index contributed by atoms with van der Waals surface area (Å²) >= 11 is 0. The fraction of sp³-hybridized carbons (Fsp3) is 0.452. The average Bonchev–Trinajstić information content (AvgIpc) is 3.60. The molecule has 1 N–H and O–H groups in total. The van der Waals surface area contributed by atoms with Crippen LogP contribution in [0.3, 0.4) is 0 Å². The van der Waals surface area contributed by atoms with Gasteiger partial charge in [-0.25, -0.2) is 20.1 Å². The Labute approximate surface area is 240 Å². The number of pyridine rings is 1. The molecule has 0 aliphatic carbocycles. The number of nitrogens with zero attached hydrogens (tertiary/aromatic N) is 3. The van der Waals surface area contributed by atoms with Crippen LogP contribution in [0, 0.1) is 0 Å². The van der Waals surface area contributed by atoms with E-state index >= 15 is 0 Å². The molecule has 2 fully saturated rings. The lowest BCUT2D eigenvalue weighted by atomic mass is 10.1. The Kier molecular flexibility index (Phi) is 9.02. The first kappa shape index (κ1) is 28.8. The molecule has 0 saturated carbocycles. The van der Waals surface area contributed by atoms with Crippen molar-refractivity contribution in [3.05, 3.63) is 66.1 Å². The molecule has 0 bridgehead atoms. The summed E-state index contributed by atoms with van der Waals surface area (Å²) in [5.74, 6) is 0.113. The Hall–Kier alpha value is -3.73. The number of ether oxygens (including phenoxy) is 2. The lowest BCUT2D eigenvalue weighted by molar-refractivity contribution is -0.198. The van der Waals surface area contributed by atoms with Crippen LogP contribution < -0.4 is 10.4 Å². The van der Waals surface area contributed by atoms with E-state index in [0.29, 0.717) is 24.5 Å². The maximum Gasteiger partial charge on any atom is 0.416 e. The molecule has 5 rings (SSSR count). The maximum atomic E-state index is 13.4. The number of hydroxylamine groups is 1. The highest BCUT2D eigenvalue weighted by atomic mass is 16.8. The van der Waals surface area contributed by atoms with Gasteiger partial charge in [0.05, 0.1) is 12.3 Å². The van der Waals surface area contributed by atoms with Gasteiger partial charge in [0, 0.05) is 50.3 Å². The summed E-state index contributed by atoms with van der Waals surface area (Å²) in [6.07, 6.45) is 9.07. The van der Waals surface area contributed by atoms with Gasteiger partial charge in [0.25, 0.3) is 5.91 Å². The van der Waals surface area contributed by atoms with Crippen molar-refractivity contribution >= 4 is 34.9 Å². The van der Waals surface area contributed by atoms with Gasteiger partial charge < -0.3 is 13.9 Å². The molecular weight excluding hydrogens is 524 g/mol. The molecule has 2 saturated heterocycles. The number of nitrogens with one attached hydrogen (secondary N) is 1. The Morgan fingerprint density at radius 3 is 2.80 bits per heavy atom. The molecule has 2 aromatic heterocycles. The first-order chi connectivity index (χ1) is 19.7. The van der Waals surface area contributed by atoms with Gasteiger partial charge in [0.1, 0.15) is 17.0 Å². The standard InChI is InChI=1S/C31H38N4O6/c1-31(2,3)40-30(37)35(25-13-15-34(21-25)20-23-7-10-26-24(18-23)14-17-38-26)27-11-8-22(19-32-27)9-12-28(36)33-41-29-6-4-5-16-39-29/h7-12,14,17-19,25,29H,4-6,13,15-16,20-21H2,1-3H3,(H,33,36)/t25-,29?/m1/s1. The highest BCUT2D eigenvalue weighted by Crippen LogP contribution is 2.26. The van der Waals surface area contributed by atoms with Crippen LogP contribution in [0.5, 0.6) is 0 Å². The number of hydrogen-bond acceptors (Lipinski definition) is 8. The van der Waals surface area contributed by atoms with Gasteiger partial charge in [-0.1, -0.05) is 6.07 Å². The van der Waals surface area contributed by atoms with Crippen molar-refractivity contribution in [1.82, 2.24) is 15.4 Å². The van der Waals surface area contributed by atoms with E-state index in [2.05, 4.69) is 27.5 Å². The van der Waals surface area contributed by atoms with Crippen LogP contribution in [0.2, 0.25) is 0 Å². The van der Waals surface area contributed by atoms with Gasteiger partial charge >= 0.3 is 6.09 Å². The topological polar surface area (TPSA) is 106 Å². The van der Waals surface area contributed by atoms with Gasteiger partial charge in [0.15, 0.2) is 6.29 Å². The van der Waals surface area contributed by atoms with Crippen molar-refractivity contribution in [3.8, 4) is 0 Å². The summed E-state index contributed by atoms with van der Waals surface area (Å²) in [6.45, 7) is 8.51. The zero-order valence-electron chi connectivity index (χ0n) is 23.9. The molecule has 218 valence electrons. The number of benzene rings is 1. The number of hydrogen-bond donors (Lipinski definition) is 1. The number of rotatable bonds is 8. The molecule has 1 unspecified atom stereocenters. The fourth-order valence-corrected chi connectivity index (χ4v) is 5.05. The summed E-state index contributed by atoms with van der Waals surface area (Å²) in [5.41, 5.74) is 4.54. The number of amides is 2. The molecule has 0 spiro atoms. The van der Waals surface area contributed by atoms with Crippen LogP contribution in [0.25, 0.3) is 17.0 Å². The second kappa shape index (κ2) is 12.8. The Balaban J connectivity index is 1.23. The fourth-order valence-electron chi connectivity index (χ4n) is 5.05. The third kappa shape index (κ3) is 7.93. The van der Waals surface area contributed by atoms with Crippen LogP contribution in [-0.4, -0.2) is 59.5 Å². The van der Waals surface area contributed by atoms with Crippen molar-refractivity contribution in [2.45, 2.75) is 70.9 Å². The molecule has 3 aromatic rings. The first-order valence-corrected chi connectivity index (χ1v) is 14.2. The first-order valence-electron chi connectivity index (χ1n) is 14.2. The van der Waals surface area contributed by atoms with Gasteiger partial charge in [-0.2, -0.15) is 0 Å². The Morgan fingerprint density at radius 1 is 1.17 bits per heavy atom. The van der Waals surface area contributed by atoms with Crippen molar-refractivity contribution in [2.24, 2.45) is 0 Å². The van der Waals surface area contributed by atoms with E-state index in [1.54, 1.807) is 29.5 Å². The minimum absolute atomic E-state index is 0.0960. The Bertz CT molecular complexity index is 1360. The molecule has 4 heterocycles. The molecule has 10 heteroatoms. The van der Waals surface area contributed by atoms with Crippen LogP contribution in [-0.2, 0) is 25.7 Å². The number of carbonyl (C=O) groups excluding carboxylic acids is 2. The number of aromatic nitrogens is 1. The number of fused-ring (bicyclic) bond motifs is 1. The van der Waals surface area contributed by atoms with E-state index in [0.717, 1.165) is 49.7 Å². The van der Waals surface area contributed by atoms with Gasteiger partial charge in [-0.3, -0.25) is 14.6 Å². The van der Waals surface area contributed by atoms with Crippen molar-refractivity contribution in [3.63, 3.8) is 0 Å². The summed E-state index contributed by atoms with van der Waals surface area (Å²) < 4.78 is 16.7. The average molecular weight is 563 g/mol. The predicted octanol–water partition coefficient (Wildman–Crippen LogP) is 5.43. The number of likely N-dealkylation sites (tertiary alicyclic amines) is 1. The number of furan rings is 1. The molecule has 2 atom stereocenters. The quantitative estimate of drug-likeness (QED) is 0.286. The molecule has 2 amide bonds. The normalized spacial score (nSPS) is 20.0. The van der Waals surface area contributed by atoms with Gasteiger partial charge in [-0.15, -0.1) is 0 Å². The van der Waals surface area contributed by atoms with Crippen LogP contribution in [0.1, 0.15) is 57.6 Å². The van der Waals surface area contributed by atoms with E-state index in [1.807, 2.05) is 39.0 Å². The van der Waals surface area contributed by atoms with E-state index in [-0.39, 0.29) is 6.04 Å². The number of anilines is 1. The van der Waals surface area contributed by atoms with Crippen molar-refractivity contribution < 1.29 is 28.3 Å². The van der Waals surface area contributed by atoms with Gasteiger partial charge in [-0.05, 0) is 87.6 Å². The van der Waals surface area contributed by atoms with Crippen molar-refractivity contribution in [2.75, 3.05) is 24.6 Å². The molecular formula is C31H38N4O6. The second-order valence-corrected chi connectivity index (χ2v) is 11.5. The summed E-state index contributed by atoms with van der Waals surface area (Å²) in [7, 11) is 0. The Morgan fingerprint density at radius 2 is 2.05 bits per heavy atom. The second-order valence-electron chi connectivity index (χ2n) is 11.5. The third-order valence-electron chi connectivity index (χ3n) is 7.00. The highest BCUT2D eigenvalue weighted by molar-refractivity contribution is 5.91. The summed E-state index contributed by atoms with van der Waals surface area (Å²) in [5, 5.41) is 1.08. The molecule has 2 aliphatic heterocycles. The van der Waals surface area contributed by atoms with Crippen molar-refractivity contribution in [1.29, 1.82) is 0 Å². The molecule has 1 aromatic carbocycles. The minimum atomic E-state index is -0.644. The lowest BCUT2D eigenvalue weighted by Crippen LogP contribution is -2.45. The maximum absolute atomic E-state index is 13.4. The SMILES string of the molecule is CC(C)(C)OC(=O)N(c1ccc(C=CC(=O)NOC2CCCCO2)cn1)[C@@H]1CCN(Cc2ccc3occc3c2)C1. The van der Waals surface area contributed by atoms with Crippen LogP contribution >= 0.6 is 0 Å². The van der Waals surface area contributed by atoms with Crippen LogP contribution in [0.4, 0.5) is 10.6 Å². The largest absolute Gasteiger partial charge is 0.464 e. The van der Waals surface area contributed by atoms with E-state index in [1.165, 1.54) is 11.6 Å². The monoisotopic (exact) mass is 562 g/mol. The number of carbonyl (C=O) groups is 2. The minimum Gasteiger partial charge on any atom is -0.464 e. The smallest absolute Gasteiger partial charge is 0.416 e. The predicted molar refractivity (Wildman–Crippen MR) is 155 cm³/mol. The zero-order valence-corrected chi connectivity index (χ0v) is 23.9.